The van der Waals surface area contributed by atoms with Crippen molar-refractivity contribution < 1.29 is 9.53 Å². The van der Waals surface area contributed by atoms with Gasteiger partial charge in [0.1, 0.15) is 0 Å². The Balaban J connectivity index is 1.21. The maximum atomic E-state index is 12.1. The van der Waals surface area contributed by atoms with Crippen LogP contribution in [-0.2, 0) is 37.5 Å². The van der Waals surface area contributed by atoms with Crippen LogP contribution in [0.15, 0.2) is 67.0 Å². The summed E-state index contributed by atoms with van der Waals surface area (Å²) in [5.74, 6) is 2.43. The average Bonchev–Trinajstić information content (AvgIpc) is 3.40. The second-order valence-corrected chi connectivity index (χ2v) is 12.7. The van der Waals surface area contributed by atoms with Crippen molar-refractivity contribution >= 4 is 29.4 Å². The summed E-state index contributed by atoms with van der Waals surface area (Å²) in [6.07, 6.45) is 5.37. The third-order valence-electron chi connectivity index (χ3n) is 8.16. The van der Waals surface area contributed by atoms with E-state index in [9.17, 15) is 4.79 Å². The molecule has 1 fully saturated rings. The molecule has 1 saturated heterocycles. The summed E-state index contributed by atoms with van der Waals surface area (Å²) in [7, 11) is 0. The largest absolute Gasteiger partial charge is 0.372 e. The molecule has 6 rings (SSSR count). The number of nitrogens with zero attached hydrogens (tertiary/aromatic N) is 5. The van der Waals surface area contributed by atoms with Crippen molar-refractivity contribution in [2.24, 2.45) is 5.73 Å². The fourth-order valence-electron chi connectivity index (χ4n) is 5.81. The van der Waals surface area contributed by atoms with Gasteiger partial charge in [-0.25, -0.2) is 4.79 Å². The smallest absolute Gasteiger partial charge is 0.315 e. The molecule has 0 bridgehead atoms. The molecule has 4 heterocycles. The van der Waals surface area contributed by atoms with Crippen LogP contribution in [0.2, 0.25) is 5.02 Å². The van der Waals surface area contributed by atoms with Crippen molar-refractivity contribution in [1.82, 2.24) is 24.6 Å². The number of ether oxygens (including phenoxy) is 1. The first-order chi connectivity index (χ1) is 21.0. The van der Waals surface area contributed by atoms with Crippen LogP contribution < -0.4 is 5.73 Å². The van der Waals surface area contributed by atoms with Crippen LogP contribution in [-0.4, -0.2) is 68.3 Å². The maximum Gasteiger partial charge on any atom is 0.315 e. The lowest BCUT2D eigenvalue weighted by molar-refractivity contribution is 0.107. The summed E-state index contributed by atoms with van der Waals surface area (Å²) in [6, 6.07) is 17.9. The van der Waals surface area contributed by atoms with E-state index < -0.39 is 6.03 Å². The molecule has 2 aliphatic heterocycles. The van der Waals surface area contributed by atoms with Gasteiger partial charge in [-0.3, -0.25) is 9.67 Å². The molecule has 0 radical (unpaired) electrons. The van der Waals surface area contributed by atoms with Gasteiger partial charge in [-0.05, 0) is 47.9 Å². The Bertz CT molecular complexity index is 1540. The Morgan fingerprint density at radius 3 is 2.53 bits per heavy atom. The molecular formula is C33H37ClN6O2S. The summed E-state index contributed by atoms with van der Waals surface area (Å²) in [5, 5.41) is 5.80. The van der Waals surface area contributed by atoms with Crippen molar-refractivity contribution in [3.63, 3.8) is 0 Å². The lowest BCUT2D eigenvalue weighted by atomic mass is 9.97. The third kappa shape index (κ3) is 7.24. The number of halogens is 1. The molecule has 0 aliphatic carbocycles. The molecule has 0 unspecified atom stereocenters. The number of urea groups is 1. The second kappa shape index (κ2) is 13.9. The van der Waals surface area contributed by atoms with Crippen LogP contribution in [0.3, 0.4) is 0 Å². The molecule has 2 N–H and O–H groups in total. The molecule has 224 valence electrons. The van der Waals surface area contributed by atoms with E-state index in [0.29, 0.717) is 31.3 Å². The first-order valence-electron chi connectivity index (χ1n) is 14.8. The van der Waals surface area contributed by atoms with Gasteiger partial charge in [0.05, 0.1) is 25.5 Å². The number of thioether (sulfide) groups is 1. The molecular weight excluding hydrogens is 580 g/mol. The predicted molar refractivity (Wildman–Crippen MR) is 173 cm³/mol. The number of primary amides is 1. The molecule has 0 spiro atoms. The van der Waals surface area contributed by atoms with Gasteiger partial charge in [0, 0.05) is 83.9 Å². The summed E-state index contributed by atoms with van der Waals surface area (Å²) in [6.45, 7) is 6.36. The number of hydrogen-bond acceptors (Lipinski definition) is 6. The molecule has 43 heavy (non-hydrogen) atoms. The topological polar surface area (TPSA) is 89.5 Å². The van der Waals surface area contributed by atoms with Gasteiger partial charge in [0.2, 0.25) is 0 Å². The number of rotatable bonds is 10. The highest BCUT2D eigenvalue weighted by Crippen LogP contribution is 2.36. The first-order valence-corrected chi connectivity index (χ1v) is 16.4. The van der Waals surface area contributed by atoms with E-state index in [0.717, 1.165) is 78.1 Å². The molecule has 2 aromatic carbocycles. The average molecular weight is 617 g/mol. The van der Waals surface area contributed by atoms with E-state index in [2.05, 4.69) is 44.9 Å². The zero-order valence-corrected chi connectivity index (χ0v) is 25.8. The molecule has 2 aliphatic rings. The van der Waals surface area contributed by atoms with Crippen molar-refractivity contribution in [3.05, 3.63) is 94.4 Å². The summed E-state index contributed by atoms with van der Waals surface area (Å²) in [5.41, 5.74) is 14.0. The molecule has 4 aromatic rings. The predicted octanol–water partition coefficient (Wildman–Crippen LogP) is 5.86. The van der Waals surface area contributed by atoms with Crippen LogP contribution >= 0.6 is 23.4 Å². The summed E-state index contributed by atoms with van der Waals surface area (Å²) >= 11 is 8.77. The number of pyridine rings is 1. The molecule has 0 saturated carbocycles. The highest BCUT2D eigenvalue weighted by molar-refractivity contribution is 7.99. The maximum absolute atomic E-state index is 12.1. The quantitative estimate of drug-likeness (QED) is 0.240. The molecule has 2 aromatic heterocycles. The second-order valence-electron chi connectivity index (χ2n) is 11.1. The van der Waals surface area contributed by atoms with Gasteiger partial charge in [0.25, 0.3) is 0 Å². The Morgan fingerprint density at radius 2 is 1.77 bits per heavy atom. The van der Waals surface area contributed by atoms with E-state index >= 15 is 0 Å². The Labute approximate surface area is 262 Å². The summed E-state index contributed by atoms with van der Waals surface area (Å²) < 4.78 is 8.04. The van der Waals surface area contributed by atoms with Crippen LogP contribution in [0.25, 0.3) is 22.4 Å². The number of amides is 2. The number of fused-ring (bicyclic) bond motifs is 1. The molecule has 8 nitrogen and oxygen atoms in total. The van der Waals surface area contributed by atoms with Crippen LogP contribution in [0.1, 0.15) is 28.8 Å². The number of nitrogens with two attached hydrogens (primary N) is 1. The zero-order chi connectivity index (χ0) is 29.6. The third-order valence-corrected chi connectivity index (χ3v) is 9.43. The van der Waals surface area contributed by atoms with E-state index in [-0.39, 0.29) is 0 Å². The van der Waals surface area contributed by atoms with E-state index in [1.165, 1.54) is 17.2 Å². The number of hydrogen-bond donors (Lipinski definition) is 1. The van der Waals surface area contributed by atoms with Gasteiger partial charge in [0.15, 0.2) is 0 Å². The summed E-state index contributed by atoms with van der Waals surface area (Å²) in [4.78, 5) is 20.5. The number of aromatic nitrogens is 3. The molecule has 0 atom stereocenters. The van der Waals surface area contributed by atoms with Gasteiger partial charge in [-0.15, -0.1) is 0 Å². The zero-order valence-electron chi connectivity index (χ0n) is 24.3. The lowest BCUT2D eigenvalue weighted by Gasteiger charge is -2.27. The molecule has 10 heteroatoms. The van der Waals surface area contributed by atoms with Crippen molar-refractivity contribution in [3.8, 4) is 22.4 Å². The first kappa shape index (κ1) is 29.7. The number of benzene rings is 2. The number of carbonyl (C=O) groups is 1. The van der Waals surface area contributed by atoms with Crippen molar-refractivity contribution in [2.45, 2.75) is 39.1 Å². The van der Waals surface area contributed by atoms with E-state index in [1.807, 2.05) is 42.2 Å². The van der Waals surface area contributed by atoms with Crippen molar-refractivity contribution in [2.75, 3.05) is 37.7 Å². The molecule has 2 amide bonds. The van der Waals surface area contributed by atoms with E-state index in [1.54, 1.807) is 11.1 Å². The van der Waals surface area contributed by atoms with Crippen LogP contribution in [0, 0.1) is 0 Å². The normalized spacial score (nSPS) is 15.4. The Hall–Kier alpha value is -3.37. The number of carbonyl (C=O) groups excluding carboxylic acids is 1. The minimum atomic E-state index is -0.395. The van der Waals surface area contributed by atoms with Crippen molar-refractivity contribution in [1.29, 1.82) is 0 Å². The lowest BCUT2D eigenvalue weighted by Crippen LogP contribution is -2.39. The minimum absolute atomic E-state index is 0.395. The van der Waals surface area contributed by atoms with E-state index in [4.69, 9.17) is 27.2 Å². The van der Waals surface area contributed by atoms with Gasteiger partial charge < -0.3 is 20.3 Å². The Morgan fingerprint density at radius 1 is 0.977 bits per heavy atom. The van der Waals surface area contributed by atoms with Crippen LogP contribution in [0.4, 0.5) is 4.79 Å². The van der Waals surface area contributed by atoms with Gasteiger partial charge in [-0.2, -0.15) is 16.9 Å². The number of aryl methyl sites for hydroxylation is 1. The Kier molecular flexibility index (Phi) is 9.63. The fourth-order valence-corrected chi connectivity index (χ4v) is 7.01. The monoisotopic (exact) mass is 616 g/mol. The standard InChI is InChI=1S/C33H37ClN6O2S/c34-30-9-8-27(19-28(30)26-6-4-24(5-7-26)22-42-23-25-3-1-11-36-20-25)32-29-21-39(33(35)41)14-10-31(29)40(37-32)13-2-12-38-15-17-43-18-16-38/h1,3-9,11,19-20H,2,10,12-18,21-23H2,(H2,35,41). The van der Waals surface area contributed by atoms with Gasteiger partial charge >= 0.3 is 6.03 Å². The SMILES string of the molecule is NC(=O)N1CCc2c(c(-c3ccc(Cl)c(-c4ccc(COCc5cccnc5)cc4)c3)nn2CCCN2CCSCC2)C1. The van der Waals surface area contributed by atoms with Gasteiger partial charge in [-0.1, -0.05) is 48.0 Å². The minimum Gasteiger partial charge on any atom is -0.372 e. The fraction of sp³-hybridized carbons (Fsp3) is 0.364. The highest BCUT2D eigenvalue weighted by atomic mass is 35.5. The van der Waals surface area contributed by atoms with Crippen LogP contribution in [0.5, 0.6) is 0 Å². The highest BCUT2D eigenvalue weighted by Gasteiger charge is 2.27.